The molecule has 0 spiro atoms. The van der Waals surface area contributed by atoms with Crippen LogP contribution in [-0.4, -0.2) is 11.8 Å². The zero-order valence-corrected chi connectivity index (χ0v) is 8.27. The van der Waals surface area contributed by atoms with Gasteiger partial charge < -0.3 is 11.5 Å². The van der Waals surface area contributed by atoms with Crippen molar-refractivity contribution >= 4 is 17.4 Å². The highest BCUT2D eigenvalue weighted by Gasteiger charge is 2.03. The van der Waals surface area contributed by atoms with Crippen LogP contribution in [0.2, 0.25) is 0 Å². The van der Waals surface area contributed by atoms with Gasteiger partial charge in [-0.15, -0.1) is 11.8 Å². The normalized spacial score (nSPS) is 12.8. The third-order valence-corrected chi connectivity index (χ3v) is 2.83. The SMILES string of the molecule is CC(N)CSc1cc(F)ccc1N. The van der Waals surface area contributed by atoms with E-state index in [0.29, 0.717) is 5.69 Å². The van der Waals surface area contributed by atoms with Crippen LogP contribution in [-0.2, 0) is 0 Å². The highest BCUT2D eigenvalue weighted by Crippen LogP contribution is 2.25. The number of anilines is 1. The van der Waals surface area contributed by atoms with Crippen LogP contribution in [0.5, 0.6) is 0 Å². The first-order valence-corrected chi connectivity index (χ1v) is 5.01. The second-order valence-corrected chi connectivity index (χ2v) is 4.03. The summed E-state index contributed by atoms with van der Waals surface area (Å²) in [4.78, 5) is 0.761. The van der Waals surface area contributed by atoms with E-state index in [2.05, 4.69) is 0 Å². The van der Waals surface area contributed by atoms with Gasteiger partial charge in [-0.05, 0) is 25.1 Å². The van der Waals surface area contributed by atoms with Crippen LogP contribution in [0, 0.1) is 5.82 Å². The monoisotopic (exact) mass is 200 g/mol. The van der Waals surface area contributed by atoms with Crippen LogP contribution >= 0.6 is 11.8 Å². The predicted octanol–water partition coefficient (Wildman–Crippen LogP) is 1.85. The second kappa shape index (κ2) is 4.48. The molecule has 2 nitrogen and oxygen atoms in total. The standard InChI is InChI=1S/C9H13FN2S/c1-6(11)5-13-9-4-7(10)2-3-8(9)12/h2-4,6H,5,11-12H2,1H3. The van der Waals surface area contributed by atoms with Crippen LogP contribution < -0.4 is 11.5 Å². The number of thioether (sulfide) groups is 1. The fourth-order valence-electron chi connectivity index (χ4n) is 0.854. The van der Waals surface area contributed by atoms with E-state index in [1.165, 1.54) is 23.9 Å². The predicted molar refractivity (Wildman–Crippen MR) is 55.2 cm³/mol. The van der Waals surface area contributed by atoms with Gasteiger partial charge in [-0.25, -0.2) is 4.39 Å². The number of rotatable bonds is 3. The zero-order valence-electron chi connectivity index (χ0n) is 7.46. The third kappa shape index (κ3) is 3.24. The number of hydrogen-bond acceptors (Lipinski definition) is 3. The molecule has 4 N–H and O–H groups in total. The van der Waals surface area contributed by atoms with E-state index in [0.717, 1.165) is 10.6 Å². The summed E-state index contributed by atoms with van der Waals surface area (Å²) in [5.41, 5.74) is 11.8. The number of hydrogen-bond donors (Lipinski definition) is 2. The highest BCUT2D eigenvalue weighted by molar-refractivity contribution is 7.99. The second-order valence-electron chi connectivity index (χ2n) is 2.97. The van der Waals surface area contributed by atoms with Crippen molar-refractivity contribution in [1.29, 1.82) is 0 Å². The van der Waals surface area contributed by atoms with E-state index in [-0.39, 0.29) is 11.9 Å². The summed E-state index contributed by atoms with van der Waals surface area (Å²) in [5, 5.41) is 0. The maximum absolute atomic E-state index is 12.8. The maximum Gasteiger partial charge on any atom is 0.124 e. The minimum absolute atomic E-state index is 0.0904. The Bertz CT molecular complexity index is 289. The minimum Gasteiger partial charge on any atom is -0.398 e. The Hall–Kier alpha value is -0.740. The van der Waals surface area contributed by atoms with Crippen molar-refractivity contribution in [2.45, 2.75) is 17.9 Å². The maximum atomic E-state index is 12.8. The molecule has 0 fully saturated rings. The van der Waals surface area contributed by atoms with Crippen LogP contribution in [0.25, 0.3) is 0 Å². The van der Waals surface area contributed by atoms with Crippen molar-refractivity contribution in [3.63, 3.8) is 0 Å². The van der Waals surface area contributed by atoms with Crippen molar-refractivity contribution in [2.24, 2.45) is 5.73 Å². The molecule has 1 rings (SSSR count). The van der Waals surface area contributed by atoms with Crippen LogP contribution in [0.1, 0.15) is 6.92 Å². The van der Waals surface area contributed by atoms with Gasteiger partial charge in [0.05, 0.1) is 0 Å². The van der Waals surface area contributed by atoms with Crippen LogP contribution in [0.4, 0.5) is 10.1 Å². The van der Waals surface area contributed by atoms with Crippen molar-refractivity contribution in [2.75, 3.05) is 11.5 Å². The molecule has 0 radical (unpaired) electrons. The number of halogens is 1. The molecule has 1 aromatic rings. The number of nitrogen functional groups attached to an aromatic ring is 1. The van der Waals surface area contributed by atoms with Gasteiger partial charge in [-0.3, -0.25) is 0 Å². The van der Waals surface area contributed by atoms with Gasteiger partial charge >= 0.3 is 0 Å². The molecule has 72 valence electrons. The lowest BCUT2D eigenvalue weighted by molar-refractivity contribution is 0.624. The molecule has 0 heterocycles. The Balaban J connectivity index is 2.70. The summed E-state index contributed by atoms with van der Waals surface area (Å²) in [6, 6.07) is 4.44. The molecule has 0 saturated heterocycles. The Kier molecular flexibility index (Phi) is 3.57. The number of benzene rings is 1. The molecule has 0 bridgehead atoms. The average Bonchev–Trinajstić information content (AvgIpc) is 2.06. The van der Waals surface area contributed by atoms with Gasteiger partial charge in [0.15, 0.2) is 0 Å². The van der Waals surface area contributed by atoms with Gasteiger partial charge in [-0.2, -0.15) is 0 Å². The summed E-state index contributed by atoms with van der Waals surface area (Å²) in [6.45, 7) is 1.91. The first-order chi connectivity index (χ1) is 6.09. The molecule has 1 atom stereocenters. The quantitative estimate of drug-likeness (QED) is 0.578. The first-order valence-electron chi connectivity index (χ1n) is 4.03. The van der Waals surface area contributed by atoms with E-state index in [4.69, 9.17) is 11.5 Å². The summed E-state index contributed by atoms with van der Waals surface area (Å²) in [5.74, 6) is 0.481. The Morgan fingerprint density at radius 2 is 2.23 bits per heavy atom. The van der Waals surface area contributed by atoms with Crippen LogP contribution in [0.3, 0.4) is 0 Å². The Morgan fingerprint density at radius 1 is 1.54 bits per heavy atom. The lowest BCUT2D eigenvalue weighted by Gasteiger charge is -2.07. The third-order valence-electron chi connectivity index (χ3n) is 1.48. The highest BCUT2D eigenvalue weighted by atomic mass is 32.2. The number of nitrogens with two attached hydrogens (primary N) is 2. The van der Waals surface area contributed by atoms with Gasteiger partial charge in [0.1, 0.15) is 5.82 Å². The topological polar surface area (TPSA) is 52.0 Å². The van der Waals surface area contributed by atoms with Gasteiger partial charge in [0.2, 0.25) is 0 Å². The average molecular weight is 200 g/mol. The van der Waals surface area contributed by atoms with E-state index >= 15 is 0 Å². The molecule has 0 aromatic heterocycles. The molecule has 0 amide bonds. The summed E-state index contributed by atoms with van der Waals surface area (Å²) in [6.07, 6.45) is 0. The lowest BCUT2D eigenvalue weighted by Crippen LogP contribution is -2.17. The largest absolute Gasteiger partial charge is 0.398 e. The smallest absolute Gasteiger partial charge is 0.124 e. The van der Waals surface area contributed by atoms with E-state index in [9.17, 15) is 4.39 Å². The summed E-state index contributed by atoms with van der Waals surface area (Å²) in [7, 11) is 0. The van der Waals surface area contributed by atoms with Crippen LogP contribution in [0.15, 0.2) is 23.1 Å². The van der Waals surface area contributed by atoms with Gasteiger partial charge in [-0.1, -0.05) is 0 Å². The lowest BCUT2D eigenvalue weighted by atomic mass is 10.3. The molecular weight excluding hydrogens is 187 g/mol. The van der Waals surface area contributed by atoms with E-state index in [1.54, 1.807) is 6.07 Å². The van der Waals surface area contributed by atoms with Gasteiger partial charge in [0, 0.05) is 22.4 Å². The van der Waals surface area contributed by atoms with Crippen molar-refractivity contribution in [1.82, 2.24) is 0 Å². The fraction of sp³-hybridized carbons (Fsp3) is 0.333. The molecule has 13 heavy (non-hydrogen) atoms. The molecule has 0 aliphatic rings. The Morgan fingerprint density at radius 3 is 2.85 bits per heavy atom. The van der Waals surface area contributed by atoms with Crippen molar-refractivity contribution in [3.8, 4) is 0 Å². The molecule has 0 saturated carbocycles. The molecule has 0 aliphatic carbocycles. The fourth-order valence-corrected chi connectivity index (χ4v) is 1.73. The zero-order chi connectivity index (χ0) is 9.84. The molecule has 1 unspecified atom stereocenters. The molecule has 4 heteroatoms. The Labute approximate surface area is 81.5 Å². The van der Waals surface area contributed by atoms with Crippen molar-refractivity contribution in [3.05, 3.63) is 24.0 Å². The molecule has 0 aliphatic heterocycles. The van der Waals surface area contributed by atoms with E-state index < -0.39 is 0 Å². The molecular formula is C9H13FN2S. The molecule has 1 aromatic carbocycles. The summed E-state index contributed by atoms with van der Waals surface area (Å²) < 4.78 is 12.8. The van der Waals surface area contributed by atoms with Crippen molar-refractivity contribution < 1.29 is 4.39 Å². The summed E-state index contributed by atoms with van der Waals surface area (Å²) >= 11 is 1.48. The van der Waals surface area contributed by atoms with Gasteiger partial charge in [0.25, 0.3) is 0 Å². The van der Waals surface area contributed by atoms with E-state index in [1.807, 2.05) is 6.92 Å². The minimum atomic E-state index is -0.263. The first kappa shape index (κ1) is 10.3.